The van der Waals surface area contributed by atoms with Gasteiger partial charge in [0, 0.05) is 29.9 Å². The summed E-state index contributed by atoms with van der Waals surface area (Å²) in [6, 6.07) is 14.1. The van der Waals surface area contributed by atoms with Crippen LogP contribution in [0.5, 0.6) is 5.75 Å². The molecule has 0 radical (unpaired) electrons. The summed E-state index contributed by atoms with van der Waals surface area (Å²) in [4.78, 5) is 15.0. The van der Waals surface area contributed by atoms with E-state index in [9.17, 15) is 4.79 Å². The molecule has 25 heavy (non-hydrogen) atoms. The van der Waals surface area contributed by atoms with Crippen molar-refractivity contribution in [3.05, 3.63) is 59.2 Å². The fraction of sp³-hybridized carbons (Fsp3) is 0.381. The fourth-order valence-electron chi connectivity index (χ4n) is 3.69. The van der Waals surface area contributed by atoms with Crippen LogP contribution in [0.1, 0.15) is 41.3 Å². The van der Waals surface area contributed by atoms with Crippen LogP contribution < -0.4 is 10.1 Å². The number of rotatable bonds is 1. The number of ether oxygens (including phenoxy) is 1. The highest BCUT2D eigenvalue weighted by atomic mass is 16.5. The number of fused-ring (bicyclic) bond motifs is 2. The maximum Gasteiger partial charge on any atom is 0.254 e. The second kappa shape index (κ2) is 6.79. The lowest BCUT2D eigenvalue weighted by Crippen LogP contribution is -2.36. The summed E-state index contributed by atoms with van der Waals surface area (Å²) in [6.07, 6.45) is 3.36. The first-order chi connectivity index (χ1) is 12.2. The molecule has 2 heterocycles. The standard InChI is InChI=1S/C21H24N2O2/c1-15-13-23(14-18-7-2-3-8-20(18)25-15)21(24)17-9-10-19-16(12-17)6-4-5-11-22-19/h2-3,7-10,12,15,22H,4-6,11,13-14H2,1H3. The van der Waals surface area contributed by atoms with Gasteiger partial charge in [0.2, 0.25) is 0 Å². The van der Waals surface area contributed by atoms with E-state index in [-0.39, 0.29) is 12.0 Å². The topological polar surface area (TPSA) is 41.6 Å². The lowest BCUT2D eigenvalue weighted by Gasteiger charge is -2.23. The van der Waals surface area contributed by atoms with Crippen LogP contribution >= 0.6 is 0 Å². The molecule has 2 aliphatic heterocycles. The first-order valence-electron chi connectivity index (χ1n) is 9.11. The Morgan fingerprint density at radius 3 is 2.96 bits per heavy atom. The maximum atomic E-state index is 13.1. The van der Waals surface area contributed by atoms with Gasteiger partial charge in [-0.2, -0.15) is 0 Å². The number of nitrogens with zero attached hydrogens (tertiary/aromatic N) is 1. The highest BCUT2D eigenvalue weighted by Gasteiger charge is 2.25. The minimum absolute atomic E-state index is 0.0184. The number of amides is 1. The van der Waals surface area contributed by atoms with Crippen LogP contribution in [0, 0.1) is 0 Å². The van der Waals surface area contributed by atoms with Crippen LogP contribution in [0.4, 0.5) is 5.69 Å². The predicted molar refractivity (Wildman–Crippen MR) is 99.1 cm³/mol. The van der Waals surface area contributed by atoms with Gasteiger partial charge in [-0.3, -0.25) is 4.79 Å². The van der Waals surface area contributed by atoms with Gasteiger partial charge < -0.3 is 15.0 Å². The van der Waals surface area contributed by atoms with Crippen molar-refractivity contribution in [3.63, 3.8) is 0 Å². The molecule has 130 valence electrons. The molecule has 4 nitrogen and oxygen atoms in total. The van der Waals surface area contributed by atoms with E-state index in [1.807, 2.05) is 42.2 Å². The zero-order valence-electron chi connectivity index (χ0n) is 14.6. The predicted octanol–water partition coefficient (Wildman–Crippen LogP) is 3.86. The van der Waals surface area contributed by atoms with E-state index in [0.29, 0.717) is 13.1 Å². The van der Waals surface area contributed by atoms with Gasteiger partial charge in [-0.1, -0.05) is 18.2 Å². The second-order valence-electron chi connectivity index (χ2n) is 6.98. The molecule has 0 saturated heterocycles. The second-order valence-corrected chi connectivity index (χ2v) is 6.98. The first kappa shape index (κ1) is 16.0. The maximum absolute atomic E-state index is 13.1. The quantitative estimate of drug-likeness (QED) is 0.860. The van der Waals surface area contributed by atoms with Gasteiger partial charge in [0.15, 0.2) is 0 Å². The number of nitrogens with one attached hydrogen (secondary N) is 1. The molecule has 0 spiro atoms. The Labute approximate surface area is 148 Å². The van der Waals surface area contributed by atoms with Gasteiger partial charge in [-0.15, -0.1) is 0 Å². The van der Waals surface area contributed by atoms with Crippen LogP contribution in [-0.4, -0.2) is 30.0 Å². The molecule has 0 aromatic heterocycles. The third-order valence-corrected chi connectivity index (χ3v) is 4.97. The zero-order chi connectivity index (χ0) is 17.2. The summed E-state index contributed by atoms with van der Waals surface area (Å²) in [5, 5.41) is 3.46. The van der Waals surface area contributed by atoms with Crippen molar-refractivity contribution < 1.29 is 9.53 Å². The summed E-state index contributed by atoms with van der Waals surface area (Å²) in [5.41, 5.74) is 4.26. The molecule has 1 N–H and O–H groups in total. The minimum atomic E-state index is -0.0184. The zero-order valence-corrected chi connectivity index (χ0v) is 14.6. The minimum Gasteiger partial charge on any atom is -0.489 e. The Morgan fingerprint density at radius 2 is 2.04 bits per heavy atom. The van der Waals surface area contributed by atoms with Crippen molar-refractivity contribution in [2.24, 2.45) is 0 Å². The lowest BCUT2D eigenvalue weighted by atomic mass is 10.0. The normalized spacial score (nSPS) is 19.6. The Bertz CT molecular complexity index is 787. The molecule has 0 fully saturated rings. The van der Waals surface area contributed by atoms with Crippen LogP contribution in [0.2, 0.25) is 0 Å². The largest absolute Gasteiger partial charge is 0.489 e. The highest BCUT2D eigenvalue weighted by Crippen LogP contribution is 2.27. The number of anilines is 1. The average molecular weight is 336 g/mol. The number of para-hydroxylation sites is 1. The number of hydrogen-bond acceptors (Lipinski definition) is 3. The average Bonchev–Trinajstić information content (AvgIpc) is 2.95. The van der Waals surface area contributed by atoms with Gasteiger partial charge in [0.1, 0.15) is 11.9 Å². The van der Waals surface area contributed by atoms with E-state index < -0.39 is 0 Å². The van der Waals surface area contributed by atoms with E-state index >= 15 is 0 Å². The van der Waals surface area contributed by atoms with Crippen molar-refractivity contribution in [1.29, 1.82) is 0 Å². The Balaban J connectivity index is 1.61. The van der Waals surface area contributed by atoms with E-state index in [1.54, 1.807) is 0 Å². The van der Waals surface area contributed by atoms with Crippen LogP contribution in [-0.2, 0) is 13.0 Å². The summed E-state index contributed by atoms with van der Waals surface area (Å²) >= 11 is 0. The van der Waals surface area contributed by atoms with Crippen LogP contribution in [0.15, 0.2) is 42.5 Å². The molecular formula is C21H24N2O2. The van der Waals surface area contributed by atoms with Crippen molar-refractivity contribution in [3.8, 4) is 5.75 Å². The molecule has 0 saturated carbocycles. The third-order valence-electron chi connectivity index (χ3n) is 4.97. The summed E-state index contributed by atoms with van der Waals surface area (Å²) < 4.78 is 5.98. The SMILES string of the molecule is CC1CN(C(=O)c2ccc3c(c2)CCCCN3)Cc2ccccc2O1. The Morgan fingerprint density at radius 1 is 1.16 bits per heavy atom. The van der Waals surface area contributed by atoms with Crippen molar-refractivity contribution >= 4 is 11.6 Å². The molecule has 1 amide bonds. The van der Waals surface area contributed by atoms with Gasteiger partial charge in [-0.25, -0.2) is 0 Å². The van der Waals surface area contributed by atoms with E-state index in [0.717, 1.165) is 29.8 Å². The van der Waals surface area contributed by atoms with Crippen LogP contribution in [0.25, 0.3) is 0 Å². The number of aryl methyl sites for hydroxylation is 1. The molecule has 2 aromatic rings. The van der Waals surface area contributed by atoms with Crippen molar-refractivity contribution in [2.45, 2.75) is 38.8 Å². The van der Waals surface area contributed by atoms with E-state index in [4.69, 9.17) is 4.74 Å². The van der Waals surface area contributed by atoms with E-state index in [2.05, 4.69) is 17.4 Å². The Hall–Kier alpha value is -2.49. The van der Waals surface area contributed by atoms with Gasteiger partial charge in [-0.05, 0) is 56.0 Å². The number of carbonyl (C=O) groups is 1. The molecule has 1 atom stereocenters. The number of carbonyl (C=O) groups excluding carboxylic acids is 1. The number of benzene rings is 2. The third kappa shape index (κ3) is 3.34. The van der Waals surface area contributed by atoms with Gasteiger partial charge in [0.05, 0.1) is 6.54 Å². The molecule has 2 aliphatic rings. The first-order valence-corrected chi connectivity index (χ1v) is 9.11. The van der Waals surface area contributed by atoms with Crippen molar-refractivity contribution in [2.75, 3.05) is 18.4 Å². The molecule has 4 heteroatoms. The van der Waals surface area contributed by atoms with Crippen molar-refractivity contribution in [1.82, 2.24) is 4.90 Å². The molecule has 0 bridgehead atoms. The highest BCUT2D eigenvalue weighted by molar-refractivity contribution is 5.95. The monoisotopic (exact) mass is 336 g/mol. The molecule has 4 rings (SSSR count). The van der Waals surface area contributed by atoms with Gasteiger partial charge in [0.25, 0.3) is 5.91 Å². The number of hydrogen-bond donors (Lipinski definition) is 1. The smallest absolute Gasteiger partial charge is 0.254 e. The fourth-order valence-corrected chi connectivity index (χ4v) is 3.69. The van der Waals surface area contributed by atoms with Gasteiger partial charge >= 0.3 is 0 Å². The molecule has 0 aliphatic carbocycles. The Kier molecular flexibility index (Phi) is 4.35. The lowest BCUT2D eigenvalue weighted by molar-refractivity contribution is 0.0690. The molecule has 2 aromatic carbocycles. The molecule has 1 unspecified atom stereocenters. The summed E-state index contributed by atoms with van der Waals surface area (Å²) in [5.74, 6) is 0.968. The summed E-state index contributed by atoms with van der Waals surface area (Å²) in [7, 11) is 0. The molecular weight excluding hydrogens is 312 g/mol. The van der Waals surface area contributed by atoms with E-state index in [1.165, 1.54) is 24.1 Å². The summed E-state index contributed by atoms with van der Waals surface area (Å²) in [6.45, 7) is 4.22. The van der Waals surface area contributed by atoms with Crippen LogP contribution in [0.3, 0.4) is 0 Å².